The van der Waals surface area contributed by atoms with E-state index in [-0.39, 0.29) is 6.04 Å². The summed E-state index contributed by atoms with van der Waals surface area (Å²) in [4.78, 5) is 0. The molecular weight excluding hydrogens is 274 g/mol. The second-order valence-electron chi connectivity index (χ2n) is 5.45. The summed E-state index contributed by atoms with van der Waals surface area (Å²) >= 11 is 0. The second kappa shape index (κ2) is 6.24. The lowest BCUT2D eigenvalue weighted by Gasteiger charge is -2.13. The van der Waals surface area contributed by atoms with Crippen LogP contribution in [0.2, 0.25) is 0 Å². The van der Waals surface area contributed by atoms with E-state index in [9.17, 15) is 0 Å². The average Bonchev–Trinajstić information content (AvgIpc) is 2.94. The lowest BCUT2D eigenvalue weighted by molar-refractivity contribution is 0.414. The molecule has 1 heterocycles. The number of furan rings is 1. The summed E-state index contributed by atoms with van der Waals surface area (Å²) in [6, 6.07) is 16.1. The van der Waals surface area contributed by atoms with Gasteiger partial charge in [-0.05, 0) is 30.2 Å². The van der Waals surface area contributed by atoms with Gasteiger partial charge in [0.1, 0.15) is 17.1 Å². The van der Waals surface area contributed by atoms with Gasteiger partial charge >= 0.3 is 0 Å². The molecule has 114 valence electrons. The van der Waals surface area contributed by atoms with Crippen LogP contribution in [0.4, 0.5) is 0 Å². The number of hydrogen-bond donors (Lipinski definition) is 1. The van der Waals surface area contributed by atoms with Gasteiger partial charge in [0.15, 0.2) is 0 Å². The first kappa shape index (κ1) is 14.7. The van der Waals surface area contributed by atoms with E-state index in [0.717, 1.165) is 40.9 Å². The molecule has 0 fully saturated rings. The smallest absolute Gasteiger partial charge is 0.134 e. The second-order valence-corrected chi connectivity index (χ2v) is 5.45. The van der Waals surface area contributed by atoms with E-state index in [2.05, 4.69) is 25.1 Å². The Balaban J connectivity index is 1.92. The fourth-order valence-corrected chi connectivity index (χ4v) is 2.90. The van der Waals surface area contributed by atoms with Gasteiger partial charge in [0.05, 0.1) is 7.11 Å². The van der Waals surface area contributed by atoms with Crippen molar-refractivity contribution in [1.82, 2.24) is 0 Å². The van der Waals surface area contributed by atoms with Crippen molar-refractivity contribution >= 4 is 11.0 Å². The number of aryl methyl sites for hydroxylation is 1. The molecule has 3 aromatic rings. The Morgan fingerprint density at radius 3 is 2.50 bits per heavy atom. The van der Waals surface area contributed by atoms with Gasteiger partial charge in [-0.15, -0.1) is 0 Å². The molecule has 0 aliphatic heterocycles. The average molecular weight is 295 g/mol. The van der Waals surface area contributed by atoms with Gasteiger partial charge in [-0.3, -0.25) is 0 Å². The molecular formula is C19H21NO2. The normalized spacial score (nSPS) is 12.5. The van der Waals surface area contributed by atoms with Crippen LogP contribution in [-0.2, 0) is 12.8 Å². The highest BCUT2D eigenvalue weighted by Gasteiger charge is 2.19. The topological polar surface area (TPSA) is 48.4 Å². The van der Waals surface area contributed by atoms with Gasteiger partial charge in [0, 0.05) is 23.4 Å². The maximum absolute atomic E-state index is 6.49. The van der Waals surface area contributed by atoms with Crippen molar-refractivity contribution in [1.29, 1.82) is 0 Å². The molecule has 3 heteroatoms. The predicted octanol–water partition coefficient (Wildman–Crippen LogP) is 4.25. The maximum atomic E-state index is 6.49. The van der Waals surface area contributed by atoms with E-state index < -0.39 is 0 Å². The molecule has 2 N–H and O–H groups in total. The molecule has 2 aromatic carbocycles. The summed E-state index contributed by atoms with van der Waals surface area (Å²) in [6.07, 6.45) is 1.63. The number of methoxy groups -OCH3 is 1. The summed E-state index contributed by atoms with van der Waals surface area (Å²) < 4.78 is 11.1. The third-order valence-electron chi connectivity index (χ3n) is 4.02. The highest BCUT2D eigenvalue weighted by Crippen LogP contribution is 2.32. The highest BCUT2D eigenvalue weighted by atomic mass is 16.5. The lowest BCUT2D eigenvalue weighted by atomic mass is 9.96. The third-order valence-corrected chi connectivity index (χ3v) is 4.02. The van der Waals surface area contributed by atoms with Gasteiger partial charge < -0.3 is 14.9 Å². The number of benzene rings is 2. The fraction of sp³-hybridized carbons (Fsp3) is 0.263. The van der Waals surface area contributed by atoms with Crippen molar-refractivity contribution in [3.63, 3.8) is 0 Å². The number of fused-ring (bicyclic) bond motifs is 1. The summed E-state index contributed by atoms with van der Waals surface area (Å²) in [5.41, 5.74) is 9.74. The Morgan fingerprint density at radius 1 is 1.09 bits per heavy atom. The van der Waals surface area contributed by atoms with E-state index in [1.54, 1.807) is 7.11 Å². The zero-order chi connectivity index (χ0) is 15.5. The number of hydrogen-bond acceptors (Lipinski definition) is 3. The molecule has 0 saturated carbocycles. The van der Waals surface area contributed by atoms with Crippen LogP contribution < -0.4 is 10.5 Å². The van der Waals surface area contributed by atoms with Crippen molar-refractivity contribution in [2.75, 3.05) is 7.11 Å². The molecule has 1 aromatic heterocycles. The fourth-order valence-electron chi connectivity index (χ4n) is 2.90. The molecule has 0 amide bonds. The van der Waals surface area contributed by atoms with Crippen LogP contribution >= 0.6 is 0 Å². The molecule has 0 bridgehead atoms. The van der Waals surface area contributed by atoms with Gasteiger partial charge in [-0.1, -0.05) is 37.3 Å². The molecule has 3 nitrogen and oxygen atoms in total. The quantitative estimate of drug-likeness (QED) is 0.765. The zero-order valence-electron chi connectivity index (χ0n) is 13.0. The molecule has 0 saturated heterocycles. The van der Waals surface area contributed by atoms with Crippen molar-refractivity contribution in [3.05, 3.63) is 65.4 Å². The van der Waals surface area contributed by atoms with Crippen LogP contribution in [0.3, 0.4) is 0 Å². The molecule has 0 radical (unpaired) electrons. The predicted molar refractivity (Wildman–Crippen MR) is 89.2 cm³/mol. The Morgan fingerprint density at radius 2 is 1.82 bits per heavy atom. The lowest BCUT2D eigenvalue weighted by Crippen LogP contribution is -2.14. The SMILES string of the molecule is CCc1oc2ccccc2c1C(N)Cc1ccc(OC)cc1. The van der Waals surface area contributed by atoms with E-state index in [4.69, 9.17) is 14.9 Å². The molecule has 0 spiro atoms. The third kappa shape index (κ3) is 2.72. The summed E-state index contributed by atoms with van der Waals surface area (Å²) in [5, 5.41) is 1.13. The molecule has 22 heavy (non-hydrogen) atoms. The first-order chi connectivity index (χ1) is 10.7. The molecule has 1 atom stereocenters. The van der Waals surface area contributed by atoms with E-state index in [0.29, 0.717) is 0 Å². The molecule has 0 aliphatic carbocycles. The molecule has 3 rings (SSSR count). The monoisotopic (exact) mass is 295 g/mol. The van der Waals surface area contributed by atoms with Gasteiger partial charge in [0.2, 0.25) is 0 Å². The highest BCUT2D eigenvalue weighted by molar-refractivity contribution is 5.82. The van der Waals surface area contributed by atoms with Gasteiger partial charge in [-0.2, -0.15) is 0 Å². The minimum Gasteiger partial charge on any atom is -0.497 e. The Bertz CT molecular complexity index is 759. The standard InChI is InChI=1S/C19H21NO2/c1-3-17-19(15-6-4-5-7-18(15)22-17)16(20)12-13-8-10-14(21-2)11-9-13/h4-11,16H,3,12,20H2,1-2H3. The minimum atomic E-state index is -0.0769. The van der Waals surface area contributed by atoms with Crippen LogP contribution in [0, 0.1) is 0 Å². The number of ether oxygens (including phenoxy) is 1. The van der Waals surface area contributed by atoms with Crippen LogP contribution in [-0.4, -0.2) is 7.11 Å². The molecule has 1 unspecified atom stereocenters. The van der Waals surface area contributed by atoms with Crippen molar-refractivity contribution in [2.24, 2.45) is 5.73 Å². The maximum Gasteiger partial charge on any atom is 0.134 e. The zero-order valence-corrected chi connectivity index (χ0v) is 13.0. The van der Waals surface area contributed by atoms with Gasteiger partial charge in [-0.25, -0.2) is 0 Å². The van der Waals surface area contributed by atoms with E-state index in [1.165, 1.54) is 5.56 Å². The van der Waals surface area contributed by atoms with Crippen LogP contribution in [0.15, 0.2) is 52.9 Å². The van der Waals surface area contributed by atoms with Crippen LogP contribution in [0.1, 0.15) is 29.9 Å². The largest absolute Gasteiger partial charge is 0.497 e. The Labute approximate surface area is 130 Å². The van der Waals surface area contributed by atoms with Crippen molar-refractivity contribution in [2.45, 2.75) is 25.8 Å². The summed E-state index contributed by atoms with van der Waals surface area (Å²) in [7, 11) is 1.67. The van der Waals surface area contributed by atoms with Crippen molar-refractivity contribution < 1.29 is 9.15 Å². The first-order valence-electron chi connectivity index (χ1n) is 7.61. The summed E-state index contributed by atoms with van der Waals surface area (Å²) in [5.74, 6) is 1.85. The van der Waals surface area contributed by atoms with E-state index >= 15 is 0 Å². The summed E-state index contributed by atoms with van der Waals surface area (Å²) in [6.45, 7) is 2.10. The first-order valence-corrected chi connectivity index (χ1v) is 7.61. The van der Waals surface area contributed by atoms with Crippen molar-refractivity contribution in [3.8, 4) is 5.75 Å². The van der Waals surface area contributed by atoms with Crippen LogP contribution in [0.5, 0.6) is 5.75 Å². The number of nitrogens with two attached hydrogens (primary N) is 1. The number of rotatable bonds is 5. The minimum absolute atomic E-state index is 0.0769. The van der Waals surface area contributed by atoms with Crippen LogP contribution in [0.25, 0.3) is 11.0 Å². The Kier molecular flexibility index (Phi) is 4.16. The van der Waals surface area contributed by atoms with Gasteiger partial charge in [0.25, 0.3) is 0 Å². The Hall–Kier alpha value is -2.26. The molecule has 0 aliphatic rings. The van der Waals surface area contributed by atoms with E-state index in [1.807, 2.05) is 30.3 Å². The number of para-hydroxylation sites is 1.